The summed E-state index contributed by atoms with van der Waals surface area (Å²) in [6.45, 7) is 9.06. The van der Waals surface area contributed by atoms with Crippen LogP contribution in [0.1, 0.15) is 40.0 Å². The third-order valence-electron chi connectivity index (χ3n) is 3.65. The van der Waals surface area contributed by atoms with Gasteiger partial charge in [0.2, 0.25) is 10.0 Å². The zero-order valence-corrected chi connectivity index (χ0v) is 15.6. The number of carbonyl (C=O) groups excluding carboxylic acids is 1. The lowest BCUT2D eigenvalue weighted by Gasteiger charge is -2.21. The molecular formula is C15H31N3O4S. The van der Waals surface area contributed by atoms with Crippen molar-refractivity contribution in [1.82, 2.24) is 14.5 Å². The molecule has 1 saturated heterocycles. The Hall–Kier alpha value is -0.860. The summed E-state index contributed by atoms with van der Waals surface area (Å²) in [6.07, 6.45) is 2.26. The summed E-state index contributed by atoms with van der Waals surface area (Å²) in [6, 6.07) is 0. The molecule has 1 rings (SSSR count). The zero-order valence-electron chi connectivity index (χ0n) is 14.8. The Kier molecular flexibility index (Phi) is 7.76. The van der Waals surface area contributed by atoms with E-state index in [1.54, 1.807) is 27.8 Å². The molecule has 1 aliphatic rings. The molecule has 0 aliphatic carbocycles. The van der Waals surface area contributed by atoms with Gasteiger partial charge in [-0.3, -0.25) is 0 Å². The Bertz CT molecular complexity index is 468. The molecule has 1 N–H and O–H groups in total. The van der Waals surface area contributed by atoms with Crippen molar-refractivity contribution in [2.75, 3.05) is 45.5 Å². The SMILES string of the molecule is CN(CCN1CCCC1)S(=O)(=O)CCCNC(=O)OC(C)(C)C. The van der Waals surface area contributed by atoms with Gasteiger partial charge in [0, 0.05) is 26.7 Å². The molecule has 136 valence electrons. The summed E-state index contributed by atoms with van der Waals surface area (Å²) in [5.41, 5.74) is -0.550. The van der Waals surface area contributed by atoms with Crippen LogP contribution >= 0.6 is 0 Å². The van der Waals surface area contributed by atoms with Crippen LogP contribution in [0.15, 0.2) is 0 Å². The maximum atomic E-state index is 12.2. The van der Waals surface area contributed by atoms with E-state index >= 15 is 0 Å². The Labute approximate surface area is 140 Å². The summed E-state index contributed by atoms with van der Waals surface area (Å²) >= 11 is 0. The highest BCUT2D eigenvalue weighted by atomic mass is 32.2. The van der Waals surface area contributed by atoms with Gasteiger partial charge in [-0.2, -0.15) is 0 Å². The first-order valence-electron chi connectivity index (χ1n) is 8.23. The Morgan fingerprint density at radius 2 is 1.87 bits per heavy atom. The molecule has 1 heterocycles. The number of sulfonamides is 1. The van der Waals surface area contributed by atoms with Gasteiger partial charge in [-0.25, -0.2) is 17.5 Å². The standard InChI is InChI=1S/C15H31N3O4S/c1-15(2,3)22-14(19)16-8-7-13-23(20,21)17(4)11-12-18-9-5-6-10-18/h5-13H2,1-4H3,(H,16,19). The largest absolute Gasteiger partial charge is 0.444 e. The van der Waals surface area contributed by atoms with Gasteiger partial charge in [-0.05, 0) is 53.1 Å². The predicted octanol–water partition coefficient (Wildman–Crippen LogP) is 1.26. The fourth-order valence-electron chi connectivity index (χ4n) is 2.34. The van der Waals surface area contributed by atoms with Crippen LogP contribution in [0.25, 0.3) is 0 Å². The van der Waals surface area contributed by atoms with Crippen molar-refractivity contribution < 1.29 is 17.9 Å². The van der Waals surface area contributed by atoms with E-state index in [2.05, 4.69) is 10.2 Å². The summed E-state index contributed by atoms with van der Waals surface area (Å²) in [5, 5.41) is 2.58. The lowest BCUT2D eigenvalue weighted by Crippen LogP contribution is -2.37. The van der Waals surface area contributed by atoms with E-state index in [9.17, 15) is 13.2 Å². The van der Waals surface area contributed by atoms with Crippen molar-refractivity contribution in [1.29, 1.82) is 0 Å². The number of hydrogen-bond acceptors (Lipinski definition) is 5. The highest BCUT2D eigenvalue weighted by Crippen LogP contribution is 2.08. The van der Waals surface area contributed by atoms with Gasteiger partial charge in [0.1, 0.15) is 5.60 Å². The van der Waals surface area contributed by atoms with Gasteiger partial charge in [-0.1, -0.05) is 0 Å². The Balaban J connectivity index is 2.22. The average Bonchev–Trinajstić information content (AvgIpc) is 2.92. The number of carbonyl (C=O) groups is 1. The molecule has 23 heavy (non-hydrogen) atoms. The van der Waals surface area contributed by atoms with Crippen molar-refractivity contribution in [2.45, 2.75) is 45.6 Å². The minimum absolute atomic E-state index is 0.0271. The number of rotatable bonds is 8. The van der Waals surface area contributed by atoms with Crippen LogP contribution in [0.3, 0.4) is 0 Å². The average molecular weight is 349 g/mol. The molecule has 0 bridgehead atoms. The first-order valence-corrected chi connectivity index (χ1v) is 9.84. The molecule has 0 unspecified atom stereocenters. The van der Waals surface area contributed by atoms with Crippen molar-refractivity contribution in [3.05, 3.63) is 0 Å². The fourth-order valence-corrected chi connectivity index (χ4v) is 3.52. The fraction of sp³-hybridized carbons (Fsp3) is 0.933. The number of nitrogens with one attached hydrogen (secondary N) is 1. The number of nitrogens with zero attached hydrogens (tertiary/aromatic N) is 2. The predicted molar refractivity (Wildman–Crippen MR) is 90.9 cm³/mol. The number of ether oxygens (including phenoxy) is 1. The molecule has 1 aliphatic heterocycles. The second kappa shape index (κ2) is 8.84. The van der Waals surface area contributed by atoms with Gasteiger partial charge >= 0.3 is 6.09 Å². The highest BCUT2D eigenvalue weighted by molar-refractivity contribution is 7.89. The molecule has 0 radical (unpaired) electrons. The van der Waals surface area contributed by atoms with Crippen molar-refractivity contribution >= 4 is 16.1 Å². The lowest BCUT2D eigenvalue weighted by molar-refractivity contribution is 0.0528. The zero-order chi connectivity index (χ0) is 17.5. The smallest absolute Gasteiger partial charge is 0.407 e. The molecule has 0 atom stereocenters. The van der Waals surface area contributed by atoms with Gasteiger partial charge in [0.25, 0.3) is 0 Å². The van der Waals surface area contributed by atoms with E-state index in [4.69, 9.17) is 4.74 Å². The van der Waals surface area contributed by atoms with Crippen LogP contribution in [0.2, 0.25) is 0 Å². The van der Waals surface area contributed by atoms with E-state index < -0.39 is 21.7 Å². The van der Waals surface area contributed by atoms with Crippen molar-refractivity contribution in [2.24, 2.45) is 0 Å². The number of amides is 1. The minimum Gasteiger partial charge on any atom is -0.444 e. The van der Waals surface area contributed by atoms with E-state index in [1.165, 1.54) is 17.1 Å². The van der Waals surface area contributed by atoms with Crippen molar-refractivity contribution in [3.63, 3.8) is 0 Å². The maximum absolute atomic E-state index is 12.2. The molecule has 0 aromatic heterocycles. The molecule has 0 aromatic carbocycles. The van der Waals surface area contributed by atoms with E-state index in [0.29, 0.717) is 13.0 Å². The third kappa shape index (κ3) is 8.53. The molecule has 8 heteroatoms. The van der Waals surface area contributed by atoms with Crippen LogP contribution < -0.4 is 5.32 Å². The topological polar surface area (TPSA) is 79.0 Å². The first-order chi connectivity index (χ1) is 10.6. The van der Waals surface area contributed by atoms with Gasteiger partial charge in [0.15, 0.2) is 0 Å². The van der Waals surface area contributed by atoms with Crippen LogP contribution in [0.4, 0.5) is 4.79 Å². The molecule has 1 fully saturated rings. The van der Waals surface area contributed by atoms with E-state index in [-0.39, 0.29) is 12.3 Å². The van der Waals surface area contributed by atoms with Crippen LogP contribution in [0, 0.1) is 0 Å². The van der Waals surface area contributed by atoms with E-state index in [0.717, 1.165) is 19.6 Å². The van der Waals surface area contributed by atoms with Crippen LogP contribution in [-0.4, -0.2) is 74.8 Å². The molecule has 0 spiro atoms. The summed E-state index contributed by atoms with van der Waals surface area (Å²) in [7, 11) is -1.65. The van der Waals surface area contributed by atoms with Crippen LogP contribution in [0.5, 0.6) is 0 Å². The van der Waals surface area contributed by atoms with Crippen LogP contribution in [-0.2, 0) is 14.8 Å². The highest BCUT2D eigenvalue weighted by Gasteiger charge is 2.20. The quantitative estimate of drug-likeness (QED) is 0.668. The molecule has 0 saturated carbocycles. The first kappa shape index (κ1) is 20.2. The van der Waals surface area contributed by atoms with Gasteiger partial charge in [0.05, 0.1) is 5.75 Å². The number of likely N-dealkylation sites (tertiary alicyclic amines) is 1. The number of likely N-dealkylation sites (N-methyl/N-ethyl adjacent to an activating group) is 1. The number of hydrogen-bond donors (Lipinski definition) is 1. The normalized spacial score (nSPS) is 16.7. The molecular weight excluding hydrogens is 318 g/mol. The number of alkyl carbamates (subject to hydrolysis) is 1. The minimum atomic E-state index is -3.27. The Morgan fingerprint density at radius 3 is 2.43 bits per heavy atom. The molecule has 1 amide bonds. The summed E-state index contributed by atoms with van der Waals surface area (Å²) in [5.74, 6) is 0.0271. The summed E-state index contributed by atoms with van der Waals surface area (Å²) < 4.78 is 30.9. The Morgan fingerprint density at radius 1 is 1.26 bits per heavy atom. The maximum Gasteiger partial charge on any atom is 0.407 e. The van der Waals surface area contributed by atoms with Gasteiger partial charge in [-0.15, -0.1) is 0 Å². The monoisotopic (exact) mass is 349 g/mol. The third-order valence-corrected chi connectivity index (χ3v) is 5.59. The second-order valence-corrected chi connectivity index (χ2v) is 9.16. The van der Waals surface area contributed by atoms with Crippen molar-refractivity contribution in [3.8, 4) is 0 Å². The summed E-state index contributed by atoms with van der Waals surface area (Å²) in [4.78, 5) is 13.8. The molecule has 0 aromatic rings. The van der Waals surface area contributed by atoms with E-state index in [1.807, 2.05) is 0 Å². The van der Waals surface area contributed by atoms with Gasteiger partial charge < -0.3 is 15.0 Å². The second-order valence-electron chi connectivity index (χ2n) is 6.97. The lowest BCUT2D eigenvalue weighted by atomic mass is 10.2. The molecule has 7 nitrogen and oxygen atoms in total.